The van der Waals surface area contributed by atoms with Gasteiger partial charge in [-0.15, -0.1) is 0 Å². The maximum atomic E-state index is 12.6. The van der Waals surface area contributed by atoms with E-state index >= 15 is 0 Å². The third kappa shape index (κ3) is 3.52. The van der Waals surface area contributed by atoms with Crippen molar-refractivity contribution < 1.29 is 13.5 Å². The molecule has 1 aromatic carbocycles. The molecule has 1 saturated heterocycles. The monoisotopic (exact) mass is 297 g/mol. The van der Waals surface area contributed by atoms with Crippen molar-refractivity contribution in [1.82, 2.24) is 4.31 Å². The number of aromatic hydroxyl groups is 1. The van der Waals surface area contributed by atoms with Crippen LogP contribution in [0.3, 0.4) is 0 Å². The van der Waals surface area contributed by atoms with Crippen molar-refractivity contribution in [3.8, 4) is 5.75 Å². The summed E-state index contributed by atoms with van der Waals surface area (Å²) in [7, 11) is -3.47. The number of nitrogens with zero attached hydrogens (tertiary/aromatic N) is 1. The zero-order valence-electron chi connectivity index (χ0n) is 12.0. The maximum absolute atomic E-state index is 12.6. The number of rotatable bonds is 4. The van der Waals surface area contributed by atoms with E-state index in [1.165, 1.54) is 18.6 Å². The lowest BCUT2D eigenvalue weighted by atomic mass is 9.96. The van der Waals surface area contributed by atoms with Crippen molar-refractivity contribution in [2.75, 3.05) is 13.1 Å². The summed E-state index contributed by atoms with van der Waals surface area (Å²) in [5, 5.41) is 9.46. The van der Waals surface area contributed by atoms with E-state index in [0.29, 0.717) is 19.0 Å². The summed E-state index contributed by atoms with van der Waals surface area (Å²) in [5.41, 5.74) is 0. The van der Waals surface area contributed by atoms with E-state index in [1.54, 1.807) is 16.4 Å². The molecule has 0 bridgehead atoms. The van der Waals surface area contributed by atoms with Gasteiger partial charge in [0, 0.05) is 13.1 Å². The molecule has 20 heavy (non-hydrogen) atoms. The highest BCUT2D eigenvalue weighted by Crippen LogP contribution is 2.26. The van der Waals surface area contributed by atoms with Gasteiger partial charge in [0.2, 0.25) is 10.0 Å². The van der Waals surface area contributed by atoms with Gasteiger partial charge in [-0.25, -0.2) is 8.42 Å². The lowest BCUT2D eigenvalue weighted by Gasteiger charge is -2.20. The van der Waals surface area contributed by atoms with Crippen LogP contribution in [-0.2, 0) is 10.0 Å². The van der Waals surface area contributed by atoms with Crippen LogP contribution in [0.5, 0.6) is 5.75 Å². The highest BCUT2D eigenvalue weighted by Gasteiger charge is 2.27. The molecule has 1 aliphatic heterocycles. The standard InChI is InChI=1S/C15H23NO3S/c1-2-5-13-6-4-10-16(11-9-13)20(18,19)15-8-3-7-14(17)12-15/h3,7-8,12-13,17H,2,4-6,9-11H2,1H3. The van der Waals surface area contributed by atoms with Gasteiger partial charge in [0.25, 0.3) is 0 Å². The van der Waals surface area contributed by atoms with Gasteiger partial charge in [0.1, 0.15) is 5.75 Å². The summed E-state index contributed by atoms with van der Waals surface area (Å²) in [6, 6.07) is 5.92. The van der Waals surface area contributed by atoms with Crippen molar-refractivity contribution in [3.63, 3.8) is 0 Å². The molecule has 0 radical (unpaired) electrons. The molecule has 1 unspecified atom stereocenters. The Hall–Kier alpha value is -1.07. The second kappa shape index (κ2) is 6.59. The predicted octanol–water partition coefficient (Wildman–Crippen LogP) is 2.98. The molecule has 0 spiro atoms. The molecule has 1 aliphatic rings. The molecule has 0 saturated carbocycles. The summed E-state index contributed by atoms with van der Waals surface area (Å²) >= 11 is 0. The van der Waals surface area contributed by atoms with Gasteiger partial charge in [-0.3, -0.25) is 0 Å². The average Bonchev–Trinajstić information content (AvgIpc) is 2.65. The third-order valence-electron chi connectivity index (χ3n) is 3.96. The van der Waals surface area contributed by atoms with Gasteiger partial charge < -0.3 is 5.11 Å². The SMILES string of the molecule is CCCC1CCCN(S(=O)(=O)c2cccc(O)c2)CC1. The van der Waals surface area contributed by atoms with E-state index in [2.05, 4.69) is 6.92 Å². The van der Waals surface area contributed by atoms with E-state index in [0.717, 1.165) is 25.7 Å². The highest BCUT2D eigenvalue weighted by atomic mass is 32.2. The predicted molar refractivity (Wildman–Crippen MR) is 79.1 cm³/mol. The Morgan fingerprint density at radius 3 is 2.80 bits per heavy atom. The van der Waals surface area contributed by atoms with Crippen LogP contribution in [0.15, 0.2) is 29.2 Å². The lowest BCUT2D eigenvalue weighted by Crippen LogP contribution is -2.32. The van der Waals surface area contributed by atoms with Gasteiger partial charge >= 0.3 is 0 Å². The topological polar surface area (TPSA) is 57.6 Å². The molecule has 5 heteroatoms. The normalized spacial score (nSPS) is 21.6. The summed E-state index contributed by atoms with van der Waals surface area (Å²) in [4.78, 5) is 0.187. The Labute approximate surface area is 121 Å². The second-order valence-corrected chi connectivity index (χ2v) is 7.42. The van der Waals surface area contributed by atoms with Gasteiger partial charge in [-0.05, 0) is 43.4 Å². The molecule has 1 heterocycles. The fourth-order valence-corrected chi connectivity index (χ4v) is 4.40. The Kier molecular flexibility index (Phi) is 5.05. The molecular formula is C15H23NO3S. The molecule has 1 N–H and O–H groups in total. The van der Waals surface area contributed by atoms with Gasteiger partial charge in [0.15, 0.2) is 0 Å². The molecule has 1 atom stereocenters. The Bertz CT molecular complexity index is 542. The molecular weight excluding hydrogens is 274 g/mol. The first-order valence-corrected chi connectivity index (χ1v) is 8.77. The van der Waals surface area contributed by atoms with Crippen LogP contribution in [0.4, 0.5) is 0 Å². The van der Waals surface area contributed by atoms with Crippen LogP contribution in [0.1, 0.15) is 39.0 Å². The van der Waals surface area contributed by atoms with Gasteiger partial charge in [0.05, 0.1) is 4.90 Å². The smallest absolute Gasteiger partial charge is 0.243 e. The van der Waals surface area contributed by atoms with Crippen molar-refractivity contribution in [3.05, 3.63) is 24.3 Å². The van der Waals surface area contributed by atoms with E-state index in [-0.39, 0.29) is 10.6 Å². The molecule has 0 aliphatic carbocycles. The van der Waals surface area contributed by atoms with Gasteiger partial charge in [-0.1, -0.05) is 25.8 Å². The van der Waals surface area contributed by atoms with Crippen LogP contribution in [0, 0.1) is 5.92 Å². The first-order chi connectivity index (χ1) is 9.54. The maximum Gasteiger partial charge on any atom is 0.243 e. The molecule has 1 aromatic rings. The van der Waals surface area contributed by atoms with Crippen molar-refractivity contribution in [2.24, 2.45) is 5.92 Å². The quantitative estimate of drug-likeness (QED) is 0.929. The summed E-state index contributed by atoms with van der Waals surface area (Å²) in [6.07, 6.45) is 5.30. The molecule has 0 amide bonds. The average molecular weight is 297 g/mol. The minimum Gasteiger partial charge on any atom is -0.508 e. The van der Waals surface area contributed by atoms with E-state index in [4.69, 9.17) is 0 Å². The number of benzene rings is 1. The second-order valence-electron chi connectivity index (χ2n) is 5.49. The first-order valence-electron chi connectivity index (χ1n) is 7.33. The van der Waals surface area contributed by atoms with E-state index in [1.807, 2.05) is 0 Å². The third-order valence-corrected chi connectivity index (χ3v) is 5.85. The fraction of sp³-hybridized carbons (Fsp3) is 0.600. The van der Waals surface area contributed by atoms with E-state index < -0.39 is 10.0 Å². The molecule has 112 valence electrons. The minimum absolute atomic E-state index is 0.00948. The number of sulfonamides is 1. The molecule has 2 rings (SSSR count). The first kappa shape index (κ1) is 15.3. The Morgan fingerprint density at radius 1 is 1.30 bits per heavy atom. The minimum atomic E-state index is -3.47. The van der Waals surface area contributed by atoms with Crippen LogP contribution >= 0.6 is 0 Å². The zero-order chi connectivity index (χ0) is 14.6. The van der Waals surface area contributed by atoms with Gasteiger partial charge in [-0.2, -0.15) is 4.31 Å². The number of hydrogen-bond donors (Lipinski definition) is 1. The van der Waals surface area contributed by atoms with Crippen molar-refractivity contribution in [2.45, 2.75) is 43.9 Å². The van der Waals surface area contributed by atoms with Crippen LogP contribution < -0.4 is 0 Å². The zero-order valence-corrected chi connectivity index (χ0v) is 12.8. The number of hydrogen-bond acceptors (Lipinski definition) is 3. The molecule has 0 aromatic heterocycles. The van der Waals surface area contributed by atoms with Crippen LogP contribution in [-0.4, -0.2) is 30.9 Å². The van der Waals surface area contributed by atoms with E-state index in [9.17, 15) is 13.5 Å². The van der Waals surface area contributed by atoms with Crippen LogP contribution in [0.25, 0.3) is 0 Å². The fourth-order valence-electron chi connectivity index (χ4n) is 2.87. The highest BCUT2D eigenvalue weighted by molar-refractivity contribution is 7.89. The molecule has 1 fully saturated rings. The summed E-state index contributed by atoms with van der Waals surface area (Å²) in [5.74, 6) is 0.633. The Morgan fingerprint density at radius 2 is 2.10 bits per heavy atom. The largest absolute Gasteiger partial charge is 0.508 e. The summed E-state index contributed by atoms with van der Waals surface area (Å²) in [6.45, 7) is 3.34. The number of phenolic OH excluding ortho intramolecular Hbond substituents is 1. The van der Waals surface area contributed by atoms with Crippen molar-refractivity contribution in [1.29, 1.82) is 0 Å². The molecule has 4 nitrogen and oxygen atoms in total. The number of phenols is 1. The summed E-state index contributed by atoms with van der Waals surface area (Å²) < 4.78 is 26.7. The van der Waals surface area contributed by atoms with Crippen molar-refractivity contribution >= 4 is 10.0 Å². The lowest BCUT2D eigenvalue weighted by molar-refractivity contribution is 0.399. The van der Waals surface area contributed by atoms with Crippen LogP contribution in [0.2, 0.25) is 0 Å². The Balaban J connectivity index is 2.14.